The largest absolute Gasteiger partial charge is 0.497 e. The van der Waals surface area contributed by atoms with Crippen LogP contribution in [0.5, 0.6) is 5.75 Å². The molecule has 6 heteroatoms. The topological polar surface area (TPSA) is 67.4 Å². The lowest BCUT2D eigenvalue weighted by Gasteiger charge is -2.11. The van der Waals surface area contributed by atoms with Crippen molar-refractivity contribution in [2.45, 2.75) is 0 Å². The zero-order chi connectivity index (χ0) is 19.2. The molecule has 0 fully saturated rings. The number of benzene rings is 3. The first-order valence-corrected chi connectivity index (χ1v) is 8.56. The third-order valence-electron chi connectivity index (χ3n) is 3.84. The molecule has 0 unspecified atom stereocenters. The van der Waals surface area contributed by atoms with Crippen LogP contribution in [0.25, 0.3) is 0 Å². The summed E-state index contributed by atoms with van der Waals surface area (Å²) in [6.07, 6.45) is 0. The van der Waals surface area contributed by atoms with E-state index in [4.69, 9.17) is 16.3 Å². The van der Waals surface area contributed by atoms with Crippen molar-refractivity contribution in [1.82, 2.24) is 0 Å². The van der Waals surface area contributed by atoms with Gasteiger partial charge in [-0.15, -0.1) is 0 Å². The van der Waals surface area contributed by atoms with Gasteiger partial charge in [0.2, 0.25) is 0 Å². The first-order valence-electron chi connectivity index (χ1n) is 8.18. The Kier molecular flexibility index (Phi) is 5.74. The number of para-hydroxylation sites is 1. The summed E-state index contributed by atoms with van der Waals surface area (Å²) in [4.78, 5) is 24.9. The second-order valence-electron chi connectivity index (χ2n) is 5.70. The van der Waals surface area contributed by atoms with Crippen LogP contribution >= 0.6 is 11.6 Å². The number of methoxy groups -OCH3 is 1. The zero-order valence-corrected chi connectivity index (χ0v) is 15.3. The first kappa shape index (κ1) is 18.5. The van der Waals surface area contributed by atoms with Crippen LogP contribution < -0.4 is 15.4 Å². The van der Waals surface area contributed by atoms with Crippen LogP contribution in [0.15, 0.2) is 72.8 Å². The molecular formula is C21H17ClN2O3. The maximum atomic E-state index is 12.5. The smallest absolute Gasteiger partial charge is 0.255 e. The minimum atomic E-state index is -0.351. The van der Waals surface area contributed by atoms with E-state index in [1.54, 1.807) is 54.6 Å². The Labute approximate surface area is 161 Å². The van der Waals surface area contributed by atoms with Crippen molar-refractivity contribution in [2.75, 3.05) is 17.7 Å². The van der Waals surface area contributed by atoms with Crippen LogP contribution in [0, 0.1) is 0 Å². The molecule has 0 saturated carbocycles. The highest BCUT2D eigenvalue weighted by Gasteiger charge is 2.13. The Balaban J connectivity index is 1.78. The van der Waals surface area contributed by atoms with Gasteiger partial charge < -0.3 is 15.4 Å². The van der Waals surface area contributed by atoms with E-state index < -0.39 is 0 Å². The van der Waals surface area contributed by atoms with E-state index >= 15 is 0 Å². The highest BCUT2D eigenvalue weighted by molar-refractivity contribution is 6.34. The average molecular weight is 381 g/mol. The zero-order valence-electron chi connectivity index (χ0n) is 14.5. The van der Waals surface area contributed by atoms with Gasteiger partial charge in [0.1, 0.15) is 5.75 Å². The fourth-order valence-electron chi connectivity index (χ4n) is 2.45. The van der Waals surface area contributed by atoms with Crippen LogP contribution in [-0.4, -0.2) is 18.9 Å². The van der Waals surface area contributed by atoms with E-state index in [1.807, 2.05) is 18.2 Å². The molecule has 0 aromatic heterocycles. The van der Waals surface area contributed by atoms with Crippen molar-refractivity contribution in [1.29, 1.82) is 0 Å². The summed E-state index contributed by atoms with van der Waals surface area (Å²) >= 11 is 6.18. The maximum absolute atomic E-state index is 12.5. The van der Waals surface area contributed by atoms with Crippen LogP contribution in [0.2, 0.25) is 5.02 Å². The predicted molar refractivity (Wildman–Crippen MR) is 107 cm³/mol. The van der Waals surface area contributed by atoms with Crippen molar-refractivity contribution in [3.63, 3.8) is 0 Å². The molecule has 27 heavy (non-hydrogen) atoms. The van der Waals surface area contributed by atoms with Crippen molar-refractivity contribution in [3.05, 3.63) is 88.9 Å². The summed E-state index contributed by atoms with van der Waals surface area (Å²) in [6, 6.07) is 20.6. The minimum Gasteiger partial charge on any atom is -0.497 e. The number of amides is 2. The molecule has 0 atom stereocenters. The normalized spacial score (nSPS) is 10.1. The Morgan fingerprint density at radius 2 is 1.52 bits per heavy atom. The second kappa shape index (κ2) is 8.38. The molecule has 0 spiro atoms. The van der Waals surface area contributed by atoms with Gasteiger partial charge in [0.25, 0.3) is 11.8 Å². The number of ether oxygens (including phenoxy) is 1. The number of hydrogen-bond acceptors (Lipinski definition) is 3. The van der Waals surface area contributed by atoms with Gasteiger partial charge in [0.05, 0.1) is 17.8 Å². The Bertz CT molecular complexity index is 974. The molecule has 3 rings (SSSR count). The Morgan fingerprint density at radius 1 is 0.815 bits per heavy atom. The Hall–Kier alpha value is -3.31. The quantitative estimate of drug-likeness (QED) is 0.664. The number of hydrogen-bond donors (Lipinski definition) is 2. The summed E-state index contributed by atoms with van der Waals surface area (Å²) in [5.41, 5.74) is 1.83. The molecule has 3 aromatic carbocycles. The summed E-state index contributed by atoms with van der Waals surface area (Å²) in [5.74, 6) is -0.0732. The summed E-state index contributed by atoms with van der Waals surface area (Å²) in [7, 11) is 1.53. The van der Waals surface area contributed by atoms with Crippen LogP contribution in [0.4, 0.5) is 11.4 Å². The molecule has 2 amide bonds. The molecule has 0 aliphatic rings. The molecule has 3 aromatic rings. The van der Waals surface area contributed by atoms with Gasteiger partial charge in [-0.05, 0) is 48.5 Å². The number of nitrogens with one attached hydrogen (secondary N) is 2. The number of carbonyl (C=O) groups excluding carboxylic acids is 2. The lowest BCUT2D eigenvalue weighted by atomic mass is 10.1. The van der Waals surface area contributed by atoms with Gasteiger partial charge >= 0.3 is 0 Å². The van der Waals surface area contributed by atoms with Crippen LogP contribution in [0.1, 0.15) is 20.7 Å². The number of carbonyl (C=O) groups is 2. The highest BCUT2D eigenvalue weighted by atomic mass is 35.5. The molecule has 0 saturated heterocycles. The van der Waals surface area contributed by atoms with E-state index in [-0.39, 0.29) is 11.8 Å². The van der Waals surface area contributed by atoms with Crippen molar-refractivity contribution in [3.8, 4) is 5.75 Å². The lowest BCUT2D eigenvalue weighted by Crippen LogP contribution is -2.15. The third-order valence-corrected chi connectivity index (χ3v) is 4.17. The van der Waals surface area contributed by atoms with Crippen molar-refractivity contribution >= 4 is 34.8 Å². The first-order chi connectivity index (χ1) is 13.1. The molecule has 0 heterocycles. The van der Waals surface area contributed by atoms with Crippen molar-refractivity contribution < 1.29 is 14.3 Å². The average Bonchev–Trinajstić information content (AvgIpc) is 2.70. The fraction of sp³-hybridized carbons (Fsp3) is 0.0476. The van der Waals surface area contributed by atoms with E-state index in [0.717, 1.165) is 0 Å². The summed E-state index contributed by atoms with van der Waals surface area (Å²) < 4.78 is 5.13. The fourth-order valence-corrected chi connectivity index (χ4v) is 2.61. The molecular weight excluding hydrogens is 364 g/mol. The minimum absolute atomic E-state index is 0.297. The lowest BCUT2D eigenvalue weighted by molar-refractivity contribution is 0.101. The highest BCUT2D eigenvalue weighted by Crippen LogP contribution is 2.25. The standard InChI is InChI=1S/C21H17ClN2O3/c1-27-17-9-5-6-14(12-17)21(26)24-19-13-15(10-11-18(19)22)20(25)23-16-7-3-2-4-8-16/h2-13H,1H3,(H,23,25)(H,24,26). The SMILES string of the molecule is COc1cccc(C(=O)Nc2cc(C(=O)Nc3ccccc3)ccc2Cl)c1. The molecule has 2 N–H and O–H groups in total. The van der Waals surface area contributed by atoms with Gasteiger partial charge in [0, 0.05) is 16.8 Å². The predicted octanol–water partition coefficient (Wildman–Crippen LogP) is 4.85. The molecule has 5 nitrogen and oxygen atoms in total. The summed E-state index contributed by atoms with van der Waals surface area (Å²) in [6.45, 7) is 0. The molecule has 136 valence electrons. The third kappa shape index (κ3) is 4.65. The van der Waals surface area contributed by atoms with Crippen LogP contribution in [-0.2, 0) is 0 Å². The molecule has 0 bridgehead atoms. The van der Waals surface area contributed by atoms with Gasteiger partial charge in [-0.2, -0.15) is 0 Å². The molecule has 0 aliphatic carbocycles. The van der Waals surface area contributed by atoms with Gasteiger partial charge in [-0.1, -0.05) is 35.9 Å². The number of halogens is 1. The monoisotopic (exact) mass is 380 g/mol. The Morgan fingerprint density at radius 3 is 2.26 bits per heavy atom. The van der Waals surface area contributed by atoms with Gasteiger partial charge in [0.15, 0.2) is 0 Å². The van der Waals surface area contributed by atoms with E-state index in [1.165, 1.54) is 7.11 Å². The second-order valence-corrected chi connectivity index (χ2v) is 6.11. The molecule has 0 radical (unpaired) electrons. The van der Waals surface area contributed by atoms with Gasteiger partial charge in [-0.3, -0.25) is 9.59 Å². The summed E-state index contributed by atoms with van der Waals surface area (Å²) in [5, 5.41) is 5.86. The van der Waals surface area contributed by atoms with Crippen LogP contribution in [0.3, 0.4) is 0 Å². The number of anilines is 2. The van der Waals surface area contributed by atoms with E-state index in [2.05, 4.69) is 10.6 Å². The van der Waals surface area contributed by atoms with Gasteiger partial charge in [-0.25, -0.2) is 0 Å². The number of rotatable bonds is 5. The van der Waals surface area contributed by atoms with Crippen molar-refractivity contribution in [2.24, 2.45) is 0 Å². The maximum Gasteiger partial charge on any atom is 0.255 e. The van der Waals surface area contributed by atoms with E-state index in [9.17, 15) is 9.59 Å². The van der Waals surface area contributed by atoms with E-state index in [0.29, 0.717) is 33.3 Å². The molecule has 0 aliphatic heterocycles.